The molecule has 37 heavy (non-hydrogen) atoms. The minimum absolute atomic E-state index is 0.0403. The number of hydrogen-bond donors (Lipinski definition) is 0. The Hall–Kier alpha value is -2.33. The summed E-state index contributed by atoms with van der Waals surface area (Å²) in [6.45, 7) is 5.52. The molecular formula is C28H38N4O3S2. The number of hydrogen-bond acceptors (Lipinski definition) is 6. The predicted octanol–water partition coefficient (Wildman–Crippen LogP) is 5.46. The summed E-state index contributed by atoms with van der Waals surface area (Å²) in [7, 11) is 2.09. The molecular weight excluding hydrogens is 504 g/mol. The molecule has 0 N–H and O–H groups in total. The maximum absolute atomic E-state index is 13.7. The number of aromatic nitrogens is 1. The van der Waals surface area contributed by atoms with Crippen molar-refractivity contribution < 1.29 is 13.2 Å². The van der Waals surface area contributed by atoms with Gasteiger partial charge in [0.25, 0.3) is 5.91 Å². The van der Waals surface area contributed by atoms with Gasteiger partial charge in [-0.05, 0) is 101 Å². The number of rotatable bonds is 9. The maximum atomic E-state index is 13.7. The zero-order valence-corrected chi connectivity index (χ0v) is 24.2. The average Bonchev–Trinajstić information content (AvgIpc) is 3.28. The summed E-state index contributed by atoms with van der Waals surface area (Å²) < 4.78 is 29.1. The number of sulfonamides is 1. The Balaban J connectivity index is 1.59. The van der Waals surface area contributed by atoms with E-state index in [0.717, 1.165) is 48.9 Å². The number of thiazole rings is 1. The molecule has 1 aromatic heterocycles. The van der Waals surface area contributed by atoms with E-state index in [2.05, 4.69) is 30.9 Å². The van der Waals surface area contributed by atoms with Crippen molar-refractivity contribution in [2.45, 2.75) is 63.3 Å². The van der Waals surface area contributed by atoms with Crippen LogP contribution < -0.4 is 4.90 Å². The number of carbonyl (C=O) groups excluding carboxylic acids is 1. The van der Waals surface area contributed by atoms with Crippen LogP contribution in [0.2, 0.25) is 0 Å². The van der Waals surface area contributed by atoms with E-state index in [-0.39, 0.29) is 16.8 Å². The molecule has 7 nitrogen and oxygen atoms in total. The number of carbonyl (C=O) groups is 1. The van der Waals surface area contributed by atoms with Crippen LogP contribution in [-0.4, -0.2) is 68.8 Å². The number of nitrogens with zero attached hydrogens (tertiary/aromatic N) is 4. The van der Waals surface area contributed by atoms with Crippen LogP contribution in [-0.2, 0) is 10.0 Å². The molecule has 1 aliphatic carbocycles. The van der Waals surface area contributed by atoms with Gasteiger partial charge < -0.3 is 4.90 Å². The number of fused-ring (bicyclic) bond motifs is 1. The van der Waals surface area contributed by atoms with Crippen molar-refractivity contribution in [3.63, 3.8) is 0 Å². The maximum Gasteiger partial charge on any atom is 0.260 e. The molecule has 1 aliphatic rings. The number of aryl methyl sites for hydroxylation is 2. The topological polar surface area (TPSA) is 73.8 Å². The molecule has 1 fully saturated rings. The molecule has 1 amide bonds. The van der Waals surface area contributed by atoms with E-state index >= 15 is 0 Å². The highest BCUT2D eigenvalue weighted by atomic mass is 32.2. The third-order valence-corrected chi connectivity index (χ3v) is 10.3. The van der Waals surface area contributed by atoms with Crippen LogP contribution in [0.1, 0.15) is 60.0 Å². The standard InChI is InChI=1S/C28H38N4O3S2/c1-20-18-25-26(19-21(20)2)36-28(29-25)32(17-9-16-30(3)4)27(33)22-12-14-24(15-13-22)37(34,35)31(5)23-10-7-6-8-11-23/h12-15,18-19,23H,6-11,16-17H2,1-5H3. The highest BCUT2D eigenvalue weighted by Gasteiger charge is 2.29. The number of benzene rings is 2. The Morgan fingerprint density at radius 3 is 2.27 bits per heavy atom. The third kappa shape index (κ3) is 6.22. The first-order valence-electron chi connectivity index (χ1n) is 13.0. The van der Waals surface area contributed by atoms with Gasteiger partial charge in [0.1, 0.15) is 0 Å². The van der Waals surface area contributed by atoms with Gasteiger partial charge >= 0.3 is 0 Å². The van der Waals surface area contributed by atoms with Gasteiger partial charge in [-0.3, -0.25) is 9.69 Å². The van der Waals surface area contributed by atoms with Gasteiger partial charge in [-0.1, -0.05) is 30.6 Å². The molecule has 3 aromatic rings. The Labute approximate surface area is 225 Å². The fraction of sp³-hybridized carbons (Fsp3) is 0.500. The van der Waals surface area contributed by atoms with Crippen LogP contribution in [0.3, 0.4) is 0 Å². The van der Waals surface area contributed by atoms with Crippen LogP contribution in [0.25, 0.3) is 10.2 Å². The van der Waals surface area contributed by atoms with Crippen molar-refractivity contribution in [1.82, 2.24) is 14.2 Å². The van der Waals surface area contributed by atoms with Crippen LogP contribution in [0.4, 0.5) is 5.13 Å². The summed E-state index contributed by atoms with van der Waals surface area (Å²) in [6, 6.07) is 10.6. The summed E-state index contributed by atoms with van der Waals surface area (Å²) in [5, 5.41) is 0.664. The number of anilines is 1. The summed E-state index contributed by atoms with van der Waals surface area (Å²) in [4.78, 5) is 22.5. The van der Waals surface area contributed by atoms with Gasteiger partial charge in [0, 0.05) is 25.2 Å². The van der Waals surface area contributed by atoms with Crippen molar-refractivity contribution in [3.8, 4) is 0 Å². The fourth-order valence-electron chi connectivity index (χ4n) is 4.84. The quantitative estimate of drug-likeness (QED) is 0.359. The predicted molar refractivity (Wildman–Crippen MR) is 152 cm³/mol. The first-order chi connectivity index (χ1) is 17.6. The molecule has 0 bridgehead atoms. The van der Waals surface area contributed by atoms with Crippen molar-refractivity contribution in [3.05, 3.63) is 53.1 Å². The second-order valence-electron chi connectivity index (χ2n) is 10.4. The molecule has 1 saturated carbocycles. The first kappa shape index (κ1) is 27.7. The normalized spacial score (nSPS) is 15.1. The molecule has 0 atom stereocenters. The lowest BCUT2D eigenvalue weighted by Crippen LogP contribution is -2.38. The number of amides is 1. The van der Waals surface area contributed by atoms with Crippen molar-refractivity contribution in [2.24, 2.45) is 0 Å². The lowest BCUT2D eigenvalue weighted by molar-refractivity contribution is 0.0986. The molecule has 4 rings (SSSR count). The Kier molecular flexibility index (Phi) is 8.68. The van der Waals surface area contributed by atoms with Crippen molar-refractivity contribution in [1.29, 1.82) is 0 Å². The Morgan fingerprint density at radius 2 is 1.62 bits per heavy atom. The zero-order valence-electron chi connectivity index (χ0n) is 22.5. The van der Waals surface area contributed by atoms with Crippen LogP contribution in [0.5, 0.6) is 0 Å². The van der Waals surface area contributed by atoms with E-state index in [9.17, 15) is 13.2 Å². The Bertz CT molecular complexity index is 1300. The molecule has 0 unspecified atom stereocenters. The molecule has 200 valence electrons. The second-order valence-corrected chi connectivity index (χ2v) is 13.4. The molecule has 0 saturated heterocycles. The molecule has 2 aromatic carbocycles. The van der Waals surface area contributed by atoms with Crippen molar-refractivity contribution >= 4 is 42.6 Å². The minimum atomic E-state index is -3.61. The summed E-state index contributed by atoms with van der Waals surface area (Å²) in [5.74, 6) is -0.171. The van der Waals surface area contributed by atoms with Gasteiger partial charge in [-0.25, -0.2) is 13.4 Å². The monoisotopic (exact) mass is 542 g/mol. The van der Waals surface area contributed by atoms with Crippen molar-refractivity contribution in [2.75, 3.05) is 39.1 Å². The summed E-state index contributed by atoms with van der Waals surface area (Å²) >= 11 is 1.52. The minimum Gasteiger partial charge on any atom is -0.309 e. The fourth-order valence-corrected chi connectivity index (χ4v) is 7.33. The molecule has 0 radical (unpaired) electrons. The third-order valence-electron chi connectivity index (χ3n) is 7.32. The van der Waals surface area contributed by atoms with Crippen LogP contribution in [0.15, 0.2) is 41.3 Å². The van der Waals surface area contributed by atoms with Gasteiger partial charge in [0.2, 0.25) is 10.0 Å². The average molecular weight is 543 g/mol. The van der Waals surface area contributed by atoms with E-state index in [1.165, 1.54) is 33.2 Å². The lowest BCUT2D eigenvalue weighted by atomic mass is 9.96. The van der Waals surface area contributed by atoms with Gasteiger partial charge in [-0.15, -0.1) is 0 Å². The van der Waals surface area contributed by atoms with E-state index in [0.29, 0.717) is 17.2 Å². The summed E-state index contributed by atoms with van der Waals surface area (Å²) in [5.41, 5.74) is 3.71. The van der Waals surface area contributed by atoms with Gasteiger partial charge in [0.05, 0.1) is 15.1 Å². The highest BCUT2D eigenvalue weighted by Crippen LogP contribution is 2.32. The highest BCUT2D eigenvalue weighted by molar-refractivity contribution is 7.89. The molecule has 9 heteroatoms. The smallest absolute Gasteiger partial charge is 0.260 e. The lowest BCUT2D eigenvalue weighted by Gasteiger charge is -2.30. The largest absolute Gasteiger partial charge is 0.309 e. The summed E-state index contributed by atoms with van der Waals surface area (Å²) in [6.07, 6.45) is 5.88. The van der Waals surface area contributed by atoms with E-state index in [4.69, 9.17) is 4.98 Å². The van der Waals surface area contributed by atoms with E-state index in [1.807, 2.05) is 14.1 Å². The second kappa shape index (κ2) is 11.6. The molecule has 0 spiro atoms. The van der Waals surface area contributed by atoms with Gasteiger partial charge in [0.15, 0.2) is 5.13 Å². The zero-order chi connectivity index (χ0) is 26.7. The van der Waals surface area contributed by atoms with Gasteiger partial charge in [-0.2, -0.15) is 4.31 Å². The molecule has 0 aliphatic heterocycles. The van der Waals surface area contributed by atoms with E-state index in [1.54, 1.807) is 36.2 Å². The van der Waals surface area contributed by atoms with Crippen LogP contribution >= 0.6 is 11.3 Å². The Morgan fingerprint density at radius 1 is 0.973 bits per heavy atom. The molecule has 1 heterocycles. The van der Waals surface area contributed by atoms with E-state index < -0.39 is 10.0 Å². The SMILES string of the molecule is Cc1cc2nc(N(CCCN(C)C)C(=O)c3ccc(S(=O)(=O)N(C)C4CCCCC4)cc3)sc2cc1C. The van der Waals surface area contributed by atoms with Crippen LogP contribution in [0, 0.1) is 13.8 Å². The first-order valence-corrected chi connectivity index (χ1v) is 15.3.